The summed E-state index contributed by atoms with van der Waals surface area (Å²) in [7, 11) is 0. The Bertz CT molecular complexity index is 320. The largest absolute Gasteiger partial charge is 0.477 e. The van der Waals surface area contributed by atoms with Crippen molar-refractivity contribution in [2.75, 3.05) is 0 Å². The molecule has 0 radical (unpaired) electrons. The van der Waals surface area contributed by atoms with Gasteiger partial charge in [-0.15, -0.1) is 11.3 Å². The molecule has 1 heterocycles. The summed E-state index contributed by atoms with van der Waals surface area (Å²) in [5.74, 6) is -1.37. The molecule has 1 aromatic rings. The van der Waals surface area contributed by atoms with Crippen molar-refractivity contribution < 1.29 is 23.1 Å². The highest BCUT2D eigenvalue weighted by molar-refractivity contribution is 7.11. The Morgan fingerprint density at radius 1 is 1.62 bits per heavy atom. The molecule has 1 aromatic heterocycles. The zero-order valence-corrected chi connectivity index (χ0v) is 6.95. The first-order chi connectivity index (χ1) is 5.90. The van der Waals surface area contributed by atoms with Crippen LogP contribution in [0.5, 0.6) is 0 Å². The number of hydrogen-bond acceptors (Lipinski definition) is 3. The maximum absolute atomic E-state index is 11.8. The Balaban J connectivity index is 2.89. The van der Waals surface area contributed by atoms with Crippen LogP contribution in [0.2, 0.25) is 0 Å². The summed E-state index contributed by atoms with van der Waals surface area (Å²) in [6, 6.07) is 0. The SMILES string of the molecule is O=C(O)c1scnc1CC(F)(F)F. The third-order valence-corrected chi connectivity index (χ3v) is 2.06. The fourth-order valence-electron chi connectivity index (χ4n) is 0.759. The molecule has 0 bridgehead atoms. The molecule has 0 aromatic carbocycles. The number of carboxylic acid groups (broad SMARTS) is 1. The topological polar surface area (TPSA) is 50.2 Å². The van der Waals surface area contributed by atoms with Crippen LogP contribution >= 0.6 is 11.3 Å². The van der Waals surface area contributed by atoms with E-state index in [4.69, 9.17) is 5.11 Å². The number of aromatic carboxylic acids is 1. The molecule has 0 aliphatic heterocycles. The van der Waals surface area contributed by atoms with Gasteiger partial charge in [0.25, 0.3) is 0 Å². The van der Waals surface area contributed by atoms with E-state index in [9.17, 15) is 18.0 Å². The minimum absolute atomic E-state index is 0.350. The fraction of sp³-hybridized carbons (Fsp3) is 0.333. The number of alkyl halides is 3. The molecule has 1 rings (SSSR count). The lowest BCUT2D eigenvalue weighted by Crippen LogP contribution is -2.14. The van der Waals surface area contributed by atoms with Crippen LogP contribution in [0.25, 0.3) is 0 Å². The molecular weight excluding hydrogens is 207 g/mol. The van der Waals surface area contributed by atoms with Gasteiger partial charge in [0.05, 0.1) is 17.6 Å². The van der Waals surface area contributed by atoms with Gasteiger partial charge in [-0.1, -0.05) is 0 Å². The molecule has 0 atom stereocenters. The first-order valence-electron chi connectivity index (χ1n) is 3.12. The lowest BCUT2D eigenvalue weighted by atomic mass is 10.2. The molecule has 7 heteroatoms. The molecule has 13 heavy (non-hydrogen) atoms. The number of rotatable bonds is 2. The summed E-state index contributed by atoms with van der Waals surface area (Å²) >= 11 is 0.688. The van der Waals surface area contributed by atoms with Gasteiger partial charge in [0, 0.05) is 0 Å². The summed E-state index contributed by atoms with van der Waals surface area (Å²) in [5.41, 5.74) is 0.662. The van der Waals surface area contributed by atoms with Crippen molar-refractivity contribution in [1.29, 1.82) is 0 Å². The molecule has 72 valence electrons. The average Bonchev–Trinajstić information content (AvgIpc) is 2.31. The van der Waals surface area contributed by atoms with Gasteiger partial charge >= 0.3 is 12.1 Å². The van der Waals surface area contributed by atoms with E-state index in [2.05, 4.69) is 4.98 Å². The number of carboxylic acids is 1. The van der Waals surface area contributed by atoms with Crippen molar-refractivity contribution in [3.63, 3.8) is 0 Å². The second kappa shape index (κ2) is 3.33. The van der Waals surface area contributed by atoms with E-state index in [1.165, 1.54) is 0 Å². The van der Waals surface area contributed by atoms with Crippen molar-refractivity contribution in [3.05, 3.63) is 16.1 Å². The standard InChI is InChI=1S/C6H4F3NO2S/c7-6(8,9)1-3-4(5(11)12)13-2-10-3/h2H,1H2,(H,11,12). The van der Waals surface area contributed by atoms with Crippen LogP contribution in [0, 0.1) is 0 Å². The molecular formula is C6H4F3NO2S. The zero-order chi connectivity index (χ0) is 10.1. The van der Waals surface area contributed by atoms with E-state index < -0.39 is 24.3 Å². The number of thiazole rings is 1. The Labute approximate surface area is 74.8 Å². The quantitative estimate of drug-likeness (QED) is 0.813. The maximum Gasteiger partial charge on any atom is 0.394 e. The monoisotopic (exact) mass is 211 g/mol. The summed E-state index contributed by atoms with van der Waals surface area (Å²) in [5, 5.41) is 8.45. The van der Waals surface area contributed by atoms with Crippen LogP contribution < -0.4 is 0 Å². The van der Waals surface area contributed by atoms with E-state index in [1.807, 2.05) is 0 Å². The number of halogens is 3. The summed E-state index contributed by atoms with van der Waals surface area (Å²) in [6.07, 6.45) is -5.71. The van der Waals surface area contributed by atoms with Crippen LogP contribution in [0.1, 0.15) is 15.4 Å². The van der Waals surface area contributed by atoms with Gasteiger partial charge in [0.1, 0.15) is 4.88 Å². The molecule has 0 spiro atoms. The molecule has 0 aliphatic carbocycles. The molecule has 0 fully saturated rings. The molecule has 1 N–H and O–H groups in total. The van der Waals surface area contributed by atoms with Crippen LogP contribution in [0.15, 0.2) is 5.51 Å². The lowest BCUT2D eigenvalue weighted by molar-refractivity contribution is -0.127. The van der Waals surface area contributed by atoms with E-state index in [1.54, 1.807) is 0 Å². The predicted octanol–water partition coefficient (Wildman–Crippen LogP) is 1.95. The molecule has 0 saturated heterocycles. The van der Waals surface area contributed by atoms with Gasteiger partial charge in [-0.3, -0.25) is 0 Å². The second-order valence-electron chi connectivity index (χ2n) is 2.23. The van der Waals surface area contributed by atoms with Crippen molar-refractivity contribution in [1.82, 2.24) is 4.98 Å². The second-order valence-corrected chi connectivity index (χ2v) is 3.08. The predicted molar refractivity (Wildman–Crippen MR) is 38.8 cm³/mol. The minimum atomic E-state index is -4.42. The molecule has 0 aliphatic rings. The molecule has 0 saturated carbocycles. The molecule has 0 amide bonds. The highest BCUT2D eigenvalue weighted by Crippen LogP contribution is 2.24. The molecule has 3 nitrogen and oxygen atoms in total. The maximum atomic E-state index is 11.8. The van der Waals surface area contributed by atoms with Gasteiger partial charge in [0.15, 0.2) is 0 Å². The summed E-state index contributed by atoms with van der Waals surface area (Å²) in [6.45, 7) is 0. The van der Waals surface area contributed by atoms with E-state index >= 15 is 0 Å². The minimum Gasteiger partial charge on any atom is -0.477 e. The van der Waals surface area contributed by atoms with E-state index in [0.29, 0.717) is 11.3 Å². The molecule has 0 unspecified atom stereocenters. The van der Waals surface area contributed by atoms with Crippen LogP contribution in [0.3, 0.4) is 0 Å². The van der Waals surface area contributed by atoms with Crippen molar-refractivity contribution >= 4 is 17.3 Å². The van der Waals surface area contributed by atoms with Gasteiger partial charge in [0.2, 0.25) is 0 Å². The van der Waals surface area contributed by atoms with Crippen molar-refractivity contribution in [3.8, 4) is 0 Å². The van der Waals surface area contributed by atoms with E-state index in [-0.39, 0.29) is 4.88 Å². The van der Waals surface area contributed by atoms with Crippen LogP contribution in [-0.4, -0.2) is 22.2 Å². The summed E-state index contributed by atoms with van der Waals surface area (Å²) < 4.78 is 35.5. The lowest BCUT2D eigenvalue weighted by Gasteiger charge is -2.03. The Morgan fingerprint density at radius 2 is 2.23 bits per heavy atom. The van der Waals surface area contributed by atoms with Crippen LogP contribution in [-0.2, 0) is 6.42 Å². The van der Waals surface area contributed by atoms with Gasteiger partial charge in [-0.25, -0.2) is 9.78 Å². The number of aromatic nitrogens is 1. The Morgan fingerprint density at radius 3 is 2.69 bits per heavy atom. The average molecular weight is 211 g/mol. The zero-order valence-electron chi connectivity index (χ0n) is 6.13. The smallest absolute Gasteiger partial charge is 0.394 e. The van der Waals surface area contributed by atoms with Crippen molar-refractivity contribution in [2.45, 2.75) is 12.6 Å². The van der Waals surface area contributed by atoms with E-state index in [0.717, 1.165) is 5.51 Å². The third-order valence-electron chi connectivity index (χ3n) is 1.20. The first kappa shape index (κ1) is 9.97. The Hall–Kier alpha value is -1.11. The first-order valence-corrected chi connectivity index (χ1v) is 4.00. The van der Waals surface area contributed by atoms with Gasteiger partial charge in [-0.05, 0) is 0 Å². The highest BCUT2D eigenvalue weighted by atomic mass is 32.1. The fourth-order valence-corrected chi connectivity index (χ4v) is 1.41. The van der Waals surface area contributed by atoms with Crippen molar-refractivity contribution in [2.24, 2.45) is 0 Å². The number of nitrogens with zero attached hydrogens (tertiary/aromatic N) is 1. The van der Waals surface area contributed by atoms with Gasteiger partial charge < -0.3 is 5.11 Å². The third kappa shape index (κ3) is 2.69. The summed E-state index contributed by atoms with van der Waals surface area (Å²) in [4.78, 5) is 13.4. The number of carbonyl (C=O) groups is 1. The normalized spacial score (nSPS) is 11.6. The van der Waals surface area contributed by atoms with Gasteiger partial charge in [-0.2, -0.15) is 13.2 Å². The highest BCUT2D eigenvalue weighted by Gasteiger charge is 2.31. The number of hydrogen-bond donors (Lipinski definition) is 1. The van der Waals surface area contributed by atoms with Crippen LogP contribution in [0.4, 0.5) is 13.2 Å². The Kier molecular flexibility index (Phi) is 2.55.